The smallest absolute Gasteiger partial charge is 0.190 e. The van der Waals surface area contributed by atoms with Crippen LogP contribution < -0.4 is 5.73 Å². The lowest BCUT2D eigenvalue weighted by Crippen LogP contribution is -2.13. The van der Waals surface area contributed by atoms with Crippen molar-refractivity contribution in [2.75, 3.05) is 0 Å². The number of hydrogen-bond donors (Lipinski definition) is 2. The van der Waals surface area contributed by atoms with Gasteiger partial charge in [-0.25, -0.2) is 4.98 Å². The van der Waals surface area contributed by atoms with E-state index in [2.05, 4.69) is 10.1 Å². The normalized spacial score (nSPS) is 12.2. The molecule has 0 fully saturated rings. The number of rotatable bonds is 1. The van der Waals surface area contributed by atoms with Gasteiger partial charge in [-0.3, -0.25) is 0 Å². The molecule has 0 atom stereocenters. The molecule has 0 amide bonds. The Kier molecular flexibility index (Phi) is 1.85. The van der Waals surface area contributed by atoms with Gasteiger partial charge in [-0.05, 0) is 24.6 Å². The van der Waals surface area contributed by atoms with E-state index in [0.29, 0.717) is 5.69 Å². The molecule has 2 aromatic heterocycles. The SMILES string of the molecule is Cc1ccn2cc(/C(N)=N\O)nc2c1. The van der Waals surface area contributed by atoms with Crippen LogP contribution in [-0.4, -0.2) is 20.4 Å². The number of hydrogen-bond acceptors (Lipinski definition) is 3. The van der Waals surface area contributed by atoms with Gasteiger partial charge in [-0.2, -0.15) is 0 Å². The van der Waals surface area contributed by atoms with Crippen LogP contribution in [0.15, 0.2) is 29.7 Å². The fourth-order valence-electron chi connectivity index (χ4n) is 1.26. The Balaban J connectivity index is 2.62. The molecule has 0 aliphatic heterocycles. The summed E-state index contributed by atoms with van der Waals surface area (Å²) < 4.78 is 1.82. The van der Waals surface area contributed by atoms with Crippen LogP contribution in [-0.2, 0) is 0 Å². The van der Waals surface area contributed by atoms with Crippen molar-refractivity contribution in [3.63, 3.8) is 0 Å². The number of imidazole rings is 1. The Morgan fingerprint density at radius 2 is 2.43 bits per heavy atom. The molecule has 0 bridgehead atoms. The first-order valence-electron chi connectivity index (χ1n) is 4.14. The third kappa shape index (κ3) is 1.28. The lowest BCUT2D eigenvalue weighted by molar-refractivity contribution is 0.318. The van der Waals surface area contributed by atoms with E-state index in [4.69, 9.17) is 10.9 Å². The average Bonchev–Trinajstić information content (AvgIpc) is 2.59. The molecule has 2 rings (SSSR count). The lowest BCUT2D eigenvalue weighted by Gasteiger charge is -1.92. The van der Waals surface area contributed by atoms with Crippen LogP contribution in [0.5, 0.6) is 0 Å². The third-order valence-corrected chi connectivity index (χ3v) is 1.99. The first-order chi connectivity index (χ1) is 6.70. The zero-order valence-electron chi connectivity index (χ0n) is 7.68. The number of fused-ring (bicyclic) bond motifs is 1. The minimum Gasteiger partial charge on any atom is -0.409 e. The quantitative estimate of drug-likeness (QED) is 0.301. The number of aryl methyl sites for hydroxylation is 1. The molecule has 0 aliphatic carbocycles. The molecule has 72 valence electrons. The van der Waals surface area contributed by atoms with Crippen LogP contribution in [0.2, 0.25) is 0 Å². The molecule has 0 spiro atoms. The molecule has 0 aliphatic rings. The van der Waals surface area contributed by atoms with E-state index in [0.717, 1.165) is 11.2 Å². The molecule has 5 nitrogen and oxygen atoms in total. The van der Waals surface area contributed by atoms with E-state index < -0.39 is 0 Å². The number of oxime groups is 1. The minimum absolute atomic E-state index is 0.0198. The Morgan fingerprint density at radius 3 is 3.14 bits per heavy atom. The zero-order valence-corrected chi connectivity index (χ0v) is 7.68. The van der Waals surface area contributed by atoms with Crippen molar-refractivity contribution in [2.45, 2.75) is 6.92 Å². The summed E-state index contributed by atoms with van der Waals surface area (Å²) in [5.41, 5.74) is 7.79. The highest BCUT2D eigenvalue weighted by Gasteiger charge is 2.04. The number of amidine groups is 1. The Labute approximate surface area is 80.5 Å². The first-order valence-corrected chi connectivity index (χ1v) is 4.14. The summed E-state index contributed by atoms with van der Waals surface area (Å²) in [5, 5.41) is 11.4. The molecule has 0 radical (unpaired) electrons. The van der Waals surface area contributed by atoms with Crippen molar-refractivity contribution in [3.8, 4) is 0 Å². The second-order valence-electron chi connectivity index (χ2n) is 3.08. The maximum Gasteiger partial charge on any atom is 0.190 e. The summed E-state index contributed by atoms with van der Waals surface area (Å²) >= 11 is 0. The van der Waals surface area contributed by atoms with Gasteiger partial charge in [0.2, 0.25) is 0 Å². The summed E-state index contributed by atoms with van der Waals surface area (Å²) in [6, 6.07) is 3.89. The molecule has 2 heterocycles. The van der Waals surface area contributed by atoms with Crippen LogP contribution in [0.4, 0.5) is 0 Å². The van der Waals surface area contributed by atoms with Gasteiger partial charge in [-0.15, -0.1) is 0 Å². The van der Waals surface area contributed by atoms with E-state index in [1.54, 1.807) is 6.20 Å². The summed E-state index contributed by atoms with van der Waals surface area (Å²) in [4.78, 5) is 4.19. The van der Waals surface area contributed by atoms with Crippen molar-refractivity contribution in [3.05, 3.63) is 35.8 Å². The standard InChI is InChI=1S/C9H10N4O/c1-6-2-3-13-5-7(9(10)12-14)11-8(13)4-6/h2-5,14H,1H3,(H2,10,12). The van der Waals surface area contributed by atoms with Crippen molar-refractivity contribution in [1.29, 1.82) is 0 Å². The van der Waals surface area contributed by atoms with Crippen molar-refractivity contribution >= 4 is 11.5 Å². The van der Waals surface area contributed by atoms with Crippen molar-refractivity contribution in [2.24, 2.45) is 10.9 Å². The predicted molar refractivity (Wildman–Crippen MR) is 52.4 cm³/mol. The monoisotopic (exact) mass is 190 g/mol. The maximum atomic E-state index is 8.48. The molecule has 14 heavy (non-hydrogen) atoms. The third-order valence-electron chi connectivity index (χ3n) is 1.99. The van der Waals surface area contributed by atoms with Gasteiger partial charge in [0.1, 0.15) is 11.3 Å². The van der Waals surface area contributed by atoms with E-state index in [-0.39, 0.29) is 5.84 Å². The lowest BCUT2D eigenvalue weighted by atomic mass is 10.3. The number of aromatic nitrogens is 2. The van der Waals surface area contributed by atoms with E-state index in [1.165, 1.54) is 0 Å². The van der Waals surface area contributed by atoms with Gasteiger partial charge in [0.25, 0.3) is 0 Å². The van der Waals surface area contributed by atoms with Crippen LogP contribution in [0.3, 0.4) is 0 Å². The highest BCUT2D eigenvalue weighted by atomic mass is 16.4. The van der Waals surface area contributed by atoms with Crippen LogP contribution in [0, 0.1) is 6.92 Å². The largest absolute Gasteiger partial charge is 0.409 e. The van der Waals surface area contributed by atoms with Crippen molar-refractivity contribution < 1.29 is 5.21 Å². The van der Waals surface area contributed by atoms with Gasteiger partial charge in [0.15, 0.2) is 5.84 Å². The van der Waals surface area contributed by atoms with E-state index >= 15 is 0 Å². The summed E-state index contributed by atoms with van der Waals surface area (Å²) in [6.07, 6.45) is 3.59. The Hall–Kier alpha value is -2.04. The van der Waals surface area contributed by atoms with Gasteiger partial charge in [-0.1, -0.05) is 5.16 Å². The zero-order chi connectivity index (χ0) is 10.1. The second kappa shape index (κ2) is 3.02. The molecule has 0 aromatic carbocycles. The summed E-state index contributed by atoms with van der Waals surface area (Å²) in [7, 11) is 0. The highest BCUT2D eigenvalue weighted by Crippen LogP contribution is 2.07. The van der Waals surface area contributed by atoms with Crippen LogP contribution in [0.25, 0.3) is 5.65 Å². The first kappa shape index (κ1) is 8.55. The van der Waals surface area contributed by atoms with Gasteiger partial charge in [0, 0.05) is 12.4 Å². The summed E-state index contributed by atoms with van der Waals surface area (Å²) in [6.45, 7) is 1.98. The Morgan fingerprint density at radius 1 is 1.64 bits per heavy atom. The molecule has 2 aromatic rings. The highest BCUT2D eigenvalue weighted by molar-refractivity contribution is 5.95. The predicted octanol–water partition coefficient (Wildman–Crippen LogP) is 0.737. The number of nitrogens with two attached hydrogens (primary N) is 1. The maximum absolute atomic E-state index is 8.48. The molecule has 3 N–H and O–H groups in total. The van der Waals surface area contributed by atoms with E-state index in [1.807, 2.05) is 29.7 Å². The fourth-order valence-corrected chi connectivity index (χ4v) is 1.26. The Bertz CT molecular complexity index is 500. The summed E-state index contributed by atoms with van der Waals surface area (Å²) in [5.74, 6) is 0.0198. The van der Waals surface area contributed by atoms with Gasteiger partial charge >= 0.3 is 0 Å². The minimum atomic E-state index is 0.0198. The molecule has 0 unspecified atom stereocenters. The molecule has 5 heteroatoms. The number of nitrogens with zero attached hydrogens (tertiary/aromatic N) is 3. The van der Waals surface area contributed by atoms with Gasteiger partial charge in [0.05, 0.1) is 0 Å². The number of pyridine rings is 1. The molecular weight excluding hydrogens is 180 g/mol. The van der Waals surface area contributed by atoms with Crippen LogP contribution in [0.1, 0.15) is 11.3 Å². The van der Waals surface area contributed by atoms with Crippen molar-refractivity contribution in [1.82, 2.24) is 9.38 Å². The molecule has 0 saturated heterocycles. The molecular formula is C9H10N4O. The average molecular weight is 190 g/mol. The fraction of sp³-hybridized carbons (Fsp3) is 0.111. The van der Waals surface area contributed by atoms with Gasteiger partial charge < -0.3 is 15.3 Å². The van der Waals surface area contributed by atoms with Crippen LogP contribution >= 0.6 is 0 Å². The topological polar surface area (TPSA) is 75.9 Å². The second-order valence-corrected chi connectivity index (χ2v) is 3.08. The van der Waals surface area contributed by atoms with E-state index in [9.17, 15) is 0 Å². The molecule has 0 saturated carbocycles.